The molecule has 8 nitrogen and oxygen atoms in total. The van der Waals surface area contributed by atoms with Crippen LogP contribution in [0.15, 0.2) is 30.6 Å². The number of aromatic nitrogens is 2. The van der Waals surface area contributed by atoms with Gasteiger partial charge in [-0.05, 0) is 31.5 Å². The van der Waals surface area contributed by atoms with Gasteiger partial charge in [0.2, 0.25) is 0 Å². The molecule has 1 atom stereocenters. The number of nitrogens with one attached hydrogen (secondary N) is 3. The lowest BCUT2D eigenvalue weighted by molar-refractivity contribution is -0.118. The molecular formula is C16H19N5O3. The molecule has 3 amide bonds. The number of aryl methyl sites for hydroxylation is 1. The van der Waals surface area contributed by atoms with E-state index in [2.05, 4.69) is 21.0 Å². The topological polar surface area (TPSA) is 97.3 Å². The van der Waals surface area contributed by atoms with Gasteiger partial charge < -0.3 is 20.7 Å². The molecule has 1 aliphatic rings. The zero-order valence-electron chi connectivity index (χ0n) is 13.5. The third-order valence-electron chi connectivity index (χ3n) is 3.70. The van der Waals surface area contributed by atoms with Crippen molar-refractivity contribution in [3.05, 3.63) is 36.2 Å². The minimum atomic E-state index is -0.323. The van der Waals surface area contributed by atoms with Gasteiger partial charge in [0.05, 0.1) is 23.6 Å². The summed E-state index contributed by atoms with van der Waals surface area (Å²) in [5, 5.41) is 12.4. The van der Waals surface area contributed by atoms with Crippen molar-refractivity contribution < 1.29 is 14.3 Å². The summed E-state index contributed by atoms with van der Waals surface area (Å²) in [6.07, 6.45) is 3.36. The molecule has 24 heavy (non-hydrogen) atoms. The first-order valence-corrected chi connectivity index (χ1v) is 7.71. The Morgan fingerprint density at radius 3 is 3.08 bits per heavy atom. The van der Waals surface area contributed by atoms with E-state index in [1.165, 1.54) is 0 Å². The molecule has 1 aromatic carbocycles. The maximum Gasteiger partial charge on any atom is 0.319 e. The Bertz CT molecular complexity index is 771. The van der Waals surface area contributed by atoms with Crippen LogP contribution >= 0.6 is 0 Å². The van der Waals surface area contributed by atoms with Crippen molar-refractivity contribution in [3.8, 4) is 5.75 Å². The Morgan fingerprint density at radius 2 is 2.33 bits per heavy atom. The van der Waals surface area contributed by atoms with Crippen molar-refractivity contribution in [1.29, 1.82) is 0 Å². The van der Waals surface area contributed by atoms with Gasteiger partial charge in [-0.3, -0.25) is 9.48 Å². The normalized spacial score (nSPS) is 14.2. The Labute approximate surface area is 139 Å². The highest BCUT2D eigenvalue weighted by Crippen LogP contribution is 2.30. The molecule has 0 aliphatic carbocycles. The number of hydrogen-bond acceptors (Lipinski definition) is 4. The summed E-state index contributed by atoms with van der Waals surface area (Å²) in [6, 6.07) is 4.88. The van der Waals surface area contributed by atoms with Crippen LogP contribution in [0.25, 0.3) is 0 Å². The Balaban J connectivity index is 1.63. The summed E-state index contributed by atoms with van der Waals surface area (Å²) in [6.45, 7) is 4.59. The maximum absolute atomic E-state index is 12.1. The molecule has 0 unspecified atom stereocenters. The SMILES string of the molecule is CCn1cc(NC(=O)N[C@@H](C)c2ccc3c(c2)NC(=O)CO3)cn1. The van der Waals surface area contributed by atoms with E-state index in [0.717, 1.165) is 12.1 Å². The van der Waals surface area contributed by atoms with Gasteiger partial charge in [0.1, 0.15) is 5.75 Å². The number of urea groups is 1. The number of nitrogens with zero attached hydrogens (tertiary/aromatic N) is 2. The van der Waals surface area contributed by atoms with E-state index >= 15 is 0 Å². The number of amides is 3. The zero-order chi connectivity index (χ0) is 17.1. The summed E-state index contributed by atoms with van der Waals surface area (Å²) < 4.78 is 7.05. The number of ether oxygens (including phenoxy) is 1. The third-order valence-corrected chi connectivity index (χ3v) is 3.70. The van der Waals surface area contributed by atoms with E-state index in [4.69, 9.17) is 4.74 Å². The number of carbonyl (C=O) groups excluding carboxylic acids is 2. The molecule has 0 saturated heterocycles. The third kappa shape index (κ3) is 3.48. The molecule has 2 aromatic rings. The van der Waals surface area contributed by atoms with Gasteiger partial charge in [-0.15, -0.1) is 0 Å². The largest absolute Gasteiger partial charge is 0.482 e. The fraction of sp³-hybridized carbons (Fsp3) is 0.312. The van der Waals surface area contributed by atoms with Crippen LogP contribution in [-0.4, -0.2) is 28.3 Å². The van der Waals surface area contributed by atoms with E-state index in [-0.39, 0.29) is 24.6 Å². The van der Waals surface area contributed by atoms with Crippen LogP contribution < -0.4 is 20.7 Å². The lowest BCUT2D eigenvalue weighted by atomic mass is 10.1. The van der Waals surface area contributed by atoms with E-state index < -0.39 is 0 Å². The number of anilines is 2. The van der Waals surface area contributed by atoms with Crippen LogP contribution in [0.2, 0.25) is 0 Å². The fourth-order valence-corrected chi connectivity index (χ4v) is 2.42. The predicted octanol–water partition coefficient (Wildman–Crippen LogP) is 2.12. The Morgan fingerprint density at radius 1 is 1.50 bits per heavy atom. The van der Waals surface area contributed by atoms with Gasteiger partial charge in [0.25, 0.3) is 5.91 Å². The number of carbonyl (C=O) groups is 2. The van der Waals surface area contributed by atoms with Crippen LogP contribution in [0.5, 0.6) is 5.75 Å². The van der Waals surface area contributed by atoms with Crippen LogP contribution in [0.4, 0.5) is 16.2 Å². The number of benzene rings is 1. The Kier molecular flexibility index (Phi) is 4.37. The van der Waals surface area contributed by atoms with Gasteiger partial charge in [-0.25, -0.2) is 4.79 Å². The van der Waals surface area contributed by atoms with E-state index in [1.54, 1.807) is 29.2 Å². The highest BCUT2D eigenvalue weighted by molar-refractivity contribution is 5.95. The highest BCUT2D eigenvalue weighted by atomic mass is 16.5. The first-order chi connectivity index (χ1) is 11.5. The minimum Gasteiger partial charge on any atom is -0.482 e. The molecule has 8 heteroatoms. The van der Waals surface area contributed by atoms with Gasteiger partial charge in [0.15, 0.2) is 6.61 Å². The molecule has 3 rings (SSSR count). The molecule has 0 saturated carbocycles. The lowest BCUT2D eigenvalue weighted by Gasteiger charge is -2.21. The van der Waals surface area contributed by atoms with Crippen molar-refractivity contribution in [2.45, 2.75) is 26.4 Å². The molecule has 3 N–H and O–H groups in total. The molecule has 126 valence electrons. The van der Waals surface area contributed by atoms with Crippen LogP contribution in [0.3, 0.4) is 0 Å². The standard InChI is InChI=1S/C16H19N5O3/c1-3-21-8-12(7-17-21)19-16(23)18-10(2)11-4-5-14-13(6-11)20-15(22)9-24-14/h4-8,10H,3,9H2,1-2H3,(H,20,22)(H2,18,19,23)/t10-/m0/s1. The predicted molar refractivity (Wildman–Crippen MR) is 89.0 cm³/mol. The molecule has 1 aliphatic heterocycles. The highest BCUT2D eigenvalue weighted by Gasteiger charge is 2.18. The van der Waals surface area contributed by atoms with Gasteiger partial charge in [-0.1, -0.05) is 6.07 Å². The molecule has 0 fully saturated rings. The van der Waals surface area contributed by atoms with Crippen LogP contribution in [0.1, 0.15) is 25.5 Å². The second-order valence-corrected chi connectivity index (χ2v) is 5.50. The van der Waals surface area contributed by atoms with E-state index in [1.807, 2.05) is 19.9 Å². The van der Waals surface area contributed by atoms with Crippen LogP contribution in [0, 0.1) is 0 Å². The summed E-state index contributed by atoms with van der Waals surface area (Å²) in [5.41, 5.74) is 2.11. The number of rotatable bonds is 4. The molecule has 0 spiro atoms. The average molecular weight is 329 g/mol. The Hall–Kier alpha value is -3.03. The fourth-order valence-electron chi connectivity index (χ4n) is 2.42. The van der Waals surface area contributed by atoms with Gasteiger partial charge >= 0.3 is 6.03 Å². The van der Waals surface area contributed by atoms with Crippen molar-refractivity contribution in [1.82, 2.24) is 15.1 Å². The minimum absolute atomic E-state index is 0.0218. The summed E-state index contributed by atoms with van der Waals surface area (Å²) >= 11 is 0. The lowest BCUT2D eigenvalue weighted by Crippen LogP contribution is -2.31. The second-order valence-electron chi connectivity index (χ2n) is 5.50. The van der Waals surface area contributed by atoms with E-state index in [0.29, 0.717) is 17.1 Å². The van der Waals surface area contributed by atoms with Crippen molar-refractivity contribution in [2.75, 3.05) is 17.2 Å². The summed E-state index contributed by atoms with van der Waals surface area (Å²) in [5.74, 6) is 0.438. The molecule has 0 bridgehead atoms. The number of hydrogen-bond donors (Lipinski definition) is 3. The molecule has 0 radical (unpaired) electrons. The van der Waals surface area contributed by atoms with Gasteiger partial charge in [0, 0.05) is 12.7 Å². The smallest absolute Gasteiger partial charge is 0.319 e. The maximum atomic E-state index is 12.1. The van der Waals surface area contributed by atoms with E-state index in [9.17, 15) is 9.59 Å². The van der Waals surface area contributed by atoms with Crippen molar-refractivity contribution >= 4 is 23.3 Å². The monoisotopic (exact) mass is 329 g/mol. The van der Waals surface area contributed by atoms with Crippen molar-refractivity contribution in [3.63, 3.8) is 0 Å². The molecule has 1 aromatic heterocycles. The first-order valence-electron chi connectivity index (χ1n) is 7.71. The summed E-state index contributed by atoms with van der Waals surface area (Å²) in [4.78, 5) is 23.5. The molecule has 2 heterocycles. The van der Waals surface area contributed by atoms with Crippen LogP contribution in [-0.2, 0) is 11.3 Å². The van der Waals surface area contributed by atoms with Crippen molar-refractivity contribution in [2.24, 2.45) is 0 Å². The zero-order valence-corrected chi connectivity index (χ0v) is 13.5. The second kappa shape index (κ2) is 6.61. The average Bonchev–Trinajstić information content (AvgIpc) is 3.01. The first kappa shape index (κ1) is 15.9. The molecular weight excluding hydrogens is 310 g/mol. The van der Waals surface area contributed by atoms with Gasteiger partial charge in [-0.2, -0.15) is 5.10 Å². The summed E-state index contributed by atoms with van der Waals surface area (Å²) in [7, 11) is 0. The quantitative estimate of drug-likeness (QED) is 0.800. The number of fused-ring (bicyclic) bond motifs is 1.